The summed E-state index contributed by atoms with van der Waals surface area (Å²) in [4.78, 5) is 10.7. The molecular formula is C14H11ClO4. The smallest absolute Gasteiger partial charge is 0.339 e. The Labute approximate surface area is 114 Å². The van der Waals surface area contributed by atoms with Gasteiger partial charge in [-0.3, -0.25) is 0 Å². The summed E-state index contributed by atoms with van der Waals surface area (Å²) in [5, 5.41) is 18.9. The highest BCUT2D eigenvalue weighted by molar-refractivity contribution is 6.31. The molecule has 0 aliphatic rings. The quantitative estimate of drug-likeness (QED) is 0.900. The molecule has 5 heteroatoms. The summed E-state index contributed by atoms with van der Waals surface area (Å²) < 4.78 is 5.45. The van der Waals surface area contributed by atoms with Gasteiger partial charge in [-0.05, 0) is 18.2 Å². The van der Waals surface area contributed by atoms with Crippen LogP contribution in [0.25, 0.3) is 0 Å². The van der Waals surface area contributed by atoms with E-state index in [9.17, 15) is 9.90 Å². The second-order valence-corrected chi connectivity index (χ2v) is 4.27. The molecule has 0 spiro atoms. The summed E-state index contributed by atoms with van der Waals surface area (Å²) in [6, 6.07) is 11.3. The van der Waals surface area contributed by atoms with E-state index >= 15 is 0 Å². The number of carboxylic acids is 1. The summed E-state index contributed by atoms with van der Waals surface area (Å²) in [5.41, 5.74) is 0.649. The minimum atomic E-state index is -1.19. The fraction of sp³-hybridized carbons (Fsp3) is 0.0714. The van der Waals surface area contributed by atoms with E-state index in [0.717, 1.165) is 5.56 Å². The lowest BCUT2D eigenvalue weighted by molar-refractivity contribution is 0.0693. The highest BCUT2D eigenvalue weighted by Crippen LogP contribution is 2.25. The zero-order valence-corrected chi connectivity index (χ0v) is 10.6. The second kappa shape index (κ2) is 5.63. The Kier molecular flexibility index (Phi) is 3.92. The topological polar surface area (TPSA) is 66.8 Å². The Morgan fingerprint density at radius 1 is 1.21 bits per heavy atom. The first-order valence-corrected chi connectivity index (χ1v) is 5.88. The van der Waals surface area contributed by atoms with Crippen molar-refractivity contribution in [1.29, 1.82) is 0 Å². The van der Waals surface area contributed by atoms with Crippen molar-refractivity contribution in [2.24, 2.45) is 0 Å². The summed E-state index contributed by atoms with van der Waals surface area (Å²) in [7, 11) is 0. The fourth-order valence-corrected chi connectivity index (χ4v) is 1.75. The van der Waals surface area contributed by atoms with Crippen LogP contribution in [0.1, 0.15) is 15.9 Å². The standard InChI is InChI=1S/C14H11ClO4/c15-12-4-2-1-3-9(12)8-19-10-5-6-11(14(17)18)13(16)7-10/h1-7,16H,8H2,(H,17,18). The molecule has 0 unspecified atom stereocenters. The molecule has 19 heavy (non-hydrogen) atoms. The van der Waals surface area contributed by atoms with E-state index in [2.05, 4.69) is 0 Å². The first kappa shape index (κ1) is 13.2. The normalized spacial score (nSPS) is 10.2. The Balaban J connectivity index is 2.11. The molecule has 2 aromatic rings. The maximum atomic E-state index is 10.7. The molecule has 0 fully saturated rings. The molecule has 0 saturated carbocycles. The Morgan fingerprint density at radius 2 is 1.95 bits per heavy atom. The zero-order valence-electron chi connectivity index (χ0n) is 9.84. The number of benzene rings is 2. The summed E-state index contributed by atoms with van der Waals surface area (Å²) in [6.45, 7) is 0.242. The van der Waals surface area contributed by atoms with E-state index in [1.54, 1.807) is 6.07 Å². The van der Waals surface area contributed by atoms with Gasteiger partial charge in [-0.1, -0.05) is 29.8 Å². The number of hydrogen-bond donors (Lipinski definition) is 2. The van der Waals surface area contributed by atoms with Crippen molar-refractivity contribution < 1.29 is 19.7 Å². The van der Waals surface area contributed by atoms with Crippen LogP contribution in [0.5, 0.6) is 11.5 Å². The first-order chi connectivity index (χ1) is 9.08. The molecule has 2 N–H and O–H groups in total. The average molecular weight is 279 g/mol. The molecule has 0 amide bonds. The van der Waals surface area contributed by atoms with Crippen LogP contribution in [-0.4, -0.2) is 16.2 Å². The Hall–Kier alpha value is -2.20. The van der Waals surface area contributed by atoms with E-state index in [-0.39, 0.29) is 17.9 Å². The van der Waals surface area contributed by atoms with Crippen molar-refractivity contribution in [3.63, 3.8) is 0 Å². The van der Waals surface area contributed by atoms with E-state index < -0.39 is 5.97 Å². The molecule has 0 heterocycles. The fourth-order valence-electron chi connectivity index (χ4n) is 1.56. The average Bonchev–Trinajstić information content (AvgIpc) is 2.37. The van der Waals surface area contributed by atoms with Gasteiger partial charge in [0.25, 0.3) is 0 Å². The van der Waals surface area contributed by atoms with Crippen LogP contribution < -0.4 is 4.74 Å². The van der Waals surface area contributed by atoms with Crippen LogP contribution in [0.3, 0.4) is 0 Å². The minimum absolute atomic E-state index is 0.162. The first-order valence-electron chi connectivity index (χ1n) is 5.50. The molecule has 2 rings (SSSR count). The van der Waals surface area contributed by atoms with Gasteiger partial charge >= 0.3 is 5.97 Å². The highest BCUT2D eigenvalue weighted by atomic mass is 35.5. The van der Waals surface area contributed by atoms with Crippen molar-refractivity contribution in [3.05, 3.63) is 58.6 Å². The second-order valence-electron chi connectivity index (χ2n) is 3.86. The summed E-state index contributed by atoms with van der Waals surface area (Å²) in [6.07, 6.45) is 0. The van der Waals surface area contributed by atoms with Gasteiger partial charge in [0.1, 0.15) is 23.7 Å². The van der Waals surface area contributed by atoms with Gasteiger partial charge in [0.2, 0.25) is 0 Å². The largest absolute Gasteiger partial charge is 0.507 e. The van der Waals surface area contributed by atoms with Gasteiger partial charge in [-0.15, -0.1) is 0 Å². The van der Waals surface area contributed by atoms with Gasteiger partial charge in [0, 0.05) is 16.7 Å². The van der Waals surface area contributed by atoms with Crippen molar-refractivity contribution >= 4 is 17.6 Å². The van der Waals surface area contributed by atoms with Gasteiger partial charge < -0.3 is 14.9 Å². The van der Waals surface area contributed by atoms with E-state index in [1.165, 1.54) is 18.2 Å². The SMILES string of the molecule is O=C(O)c1ccc(OCc2ccccc2Cl)cc1O. The Morgan fingerprint density at radius 3 is 2.58 bits per heavy atom. The van der Waals surface area contributed by atoms with E-state index in [0.29, 0.717) is 10.8 Å². The van der Waals surface area contributed by atoms with E-state index in [4.69, 9.17) is 21.4 Å². The number of hydrogen-bond acceptors (Lipinski definition) is 3. The number of aromatic hydroxyl groups is 1. The molecule has 0 bridgehead atoms. The third-order valence-corrected chi connectivity index (χ3v) is 2.92. The van der Waals surface area contributed by atoms with Crippen LogP contribution in [0.15, 0.2) is 42.5 Å². The van der Waals surface area contributed by atoms with Crippen LogP contribution in [0.4, 0.5) is 0 Å². The third-order valence-electron chi connectivity index (χ3n) is 2.55. The summed E-state index contributed by atoms with van der Waals surface area (Å²) in [5.74, 6) is -1.14. The number of ether oxygens (including phenoxy) is 1. The molecule has 0 radical (unpaired) electrons. The molecular weight excluding hydrogens is 268 g/mol. The minimum Gasteiger partial charge on any atom is -0.507 e. The molecule has 4 nitrogen and oxygen atoms in total. The van der Waals surface area contributed by atoms with Crippen molar-refractivity contribution in [2.45, 2.75) is 6.61 Å². The number of carboxylic acid groups (broad SMARTS) is 1. The predicted octanol–water partition coefficient (Wildman–Crippen LogP) is 3.32. The molecule has 2 aromatic carbocycles. The maximum absolute atomic E-state index is 10.7. The summed E-state index contributed by atoms with van der Waals surface area (Å²) >= 11 is 5.98. The lowest BCUT2D eigenvalue weighted by Crippen LogP contribution is -1.99. The molecule has 98 valence electrons. The van der Waals surface area contributed by atoms with Crippen LogP contribution in [-0.2, 0) is 6.61 Å². The Bertz CT molecular complexity index is 610. The van der Waals surface area contributed by atoms with Gasteiger partial charge in [0.05, 0.1) is 0 Å². The lowest BCUT2D eigenvalue weighted by atomic mass is 10.2. The zero-order chi connectivity index (χ0) is 13.8. The van der Waals surface area contributed by atoms with Crippen LogP contribution in [0.2, 0.25) is 5.02 Å². The van der Waals surface area contributed by atoms with Crippen molar-refractivity contribution in [3.8, 4) is 11.5 Å². The van der Waals surface area contributed by atoms with Crippen LogP contribution in [0, 0.1) is 0 Å². The third kappa shape index (κ3) is 3.17. The van der Waals surface area contributed by atoms with Crippen molar-refractivity contribution in [1.82, 2.24) is 0 Å². The van der Waals surface area contributed by atoms with E-state index in [1.807, 2.05) is 18.2 Å². The highest BCUT2D eigenvalue weighted by Gasteiger charge is 2.10. The number of rotatable bonds is 4. The van der Waals surface area contributed by atoms with Gasteiger partial charge in [-0.25, -0.2) is 4.79 Å². The van der Waals surface area contributed by atoms with Crippen molar-refractivity contribution in [2.75, 3.05) is 0 Å². The lowest BCUT2D eigenvalue weighted by Gasteiger charge is -2.08. The monoisotopic (exact) mass is 278 g/mol. The molecule has 0 aliphatic heterocycles. The number of carbonyl (C=O) groups is 1. The molecule has 0 aliphatic carbocycles. The van der Waals surface area contributed by atoms with Crippen LogP contribution >= 0.6 is 11.6 Å². The number of aromatic carboxylic acids is 1. The van der Waals surface area contributed by atoms with Gasteiger partial charge in [0.15, 0.2) is 0 Å². The number of halogens is 1. The predicted molar refractivity (Wildman–Crippen MR) is 70.9 cm³/mol. The van der Waals surface area contributed by atoms with Gasteiger partial charge in [-0.2, -0.15) is 0 Å². The number of phenols is 1. The molecule has 0 saturated heterocycles. The molecule has 0 aromatic heterocycles. The maximum Gasteiger partial charge on any atom is 0.339 e. The molecule has 0 atom stereocenters.